The van der Waals surface area contributed by atoms with Crippen LogP contribution in [0.1, 0.15) is 27.0 Å². The number of carbonyl (C=O) groups excluding carboxylic acids is 1. The van der Waals surface area contributed by atoms with Crippen LogP contribution in [0.2, 0.25) is 0 Å². The molecule has 0 fully saturated rings. The first-order chi connectivity index (χ1) is 16.4. The highest BCUT2D eigenvalue weighted by atomic mass is 32.2. The molecule has 4 rings (SSSR count). The standard InChI is InChI=1S/C25H23F3N2O4S/c1-34-22-5-3-4-21(23(22)15-6-9-18(10-7-15)25(26,27)28)24(31)29-19-11-8-16-12-20(14-17(16)13-19)30-35(2,32)33/h3-11,13,20,30H,12,14H2,1-2H3,(H,29,31)/t20-/m0/s1. The van der Waals surface area contributed by atoms with Crippen LogP contribution in [0.3, 0.4) is 0 Å². The Kier molecular flexibility index (Phi) is 6.61. The first kappa shape index (κ1) is 24.7. The third-order valence-electron chi connectivity index (χ3n) is 5.77. The van der Waals surface area contributed by atoms with Gasteiger partial charge in [-0.15, -0.1) is 0 Å². The molecule has 1 aliphatic rings. The van der Waals surface area contributed by atoms with E-state index in [1.165, 1.54) is 19.2 Å². The minimum atomic E-state index is -4.47. The molecule has 10 heteroatoms. The second-order valence-electron chi connectivity index (χ2n) is 8.39. The maximum absolute atomic E-state index is 13.2. The van der Waals surface area contributed by atoms with Crippen LogP contribution in [-0.2, 0) is 29.0 Å². The highest BCUT2D eigenvalue weighted by Crippen LogP contribution is 2.36. The first-order valence-electron chi connectivity index (χ1n) is 10.7. The molecule has 0 heterocycles. The van der Waals surface area contributed by atoms with Crippen LogP contribution in [-0.4, -0.2) is 33.7 Å². The molecular weight excluding hydrogens is 481 g/mol. The number of methoxy groups -OCH3 is 1. The molecule has 0 unspecified atom stereocenters. The van der Waals surface area contributed by atoms with Crippen LogP contribution in [0.25, 0.3) is 11.1 Å². The lowest BCUT2D eigenvalue weighted by atomic mass is 9.96. The fourth-order valence-corrected chi connectivity index (χ4v) is 5.07. The molecule has 1 aliphatic carbocycles. The summed E-state index contributed by atoms with van der Waals surface area (Å²) in [6.07, 6.45) is -2.29. The van der Waals surface area contributed by atoms with Crippen LogP contribution in [0.5, 0.6) is 5.75 Å². The predicted molar refractivity (Wildman–Crippen MR) is 127 cm³/mol. The van der Waals surface area contributed by atoms with Crippen LogP contribution in [0, 0.1) is 0 Å². The second-order valence-corrected chi connectivity index (χ2v) is 10.2. The van der Waals surface area contributed by atoms with Gasteiger partial charge in [-0.2, -0.15) is 13.2 Å². The molecule has 3 aromatic rings. The van der Waals surface area contributed by atoms with E-state index in [0.717, 1.165) is 29.5 Å². The van der Waals surface area contributed by atoms with Gasteiger partial charge in [-0.25, -0.2) is 13.1 Å². The van der Waals surface area contributed by atoms with Crippen molar-refractivity contribution in [3.8, 4) is 16.9 Å². The molecule has 35 heavy (non-hydrogen) atoms. The van der Waals surface area contributed by atoms with Gasteiger partial charge >= 0.3 is 6.18 Å². The minimum Gasteiger partial charge on any atom is -0.496 e. The summed E-state index contributed by atoms with van der Waals surface area (Å²) in [6.45, 7) is 0. The first-order valence-corrected chi connectivity index (χ1v) is 12.6. The molecule has 0 spiro atoms. The summed E-state index contributed by atoms with van der Waals surface area (Å²) < 4.78 is 70.1. The van der Waals surface area contributed by atoms with Crippen LogP contribution >= 0.6 is 0 Å². The molecule has 2 N–H and O–H groups in total. The molecule has 1 atom stereocenters. The van der Waals surface area contributed by atoms with Gasteiger partial charge in [-0.1, -0.05) is 24.3 Å². The highest BCUT2D eigenvalue weighted by molar-refractivity contribution is 7.88. The van der Waals surface area contributed by atoms with E-state index < -0.39 is 27.7 Å². The smallest absolute Gasteiger partial charge is 0.416 e. The largest absolute Gasteiger partial charge is 0.496 e. The van der Waals surface area contributed by atoms with Crippen molar-refractivity contribution >= 4 is 21.6 Å². The van der Waals surface area contributed by atoms with Gasteiger partial charge < -0.3 is 10.1 Å². The number of hydrogen-bond acceptors (Lipinski definition) is 4. The maximum atomic E-state index is 13.2. The van der Waals surface area contributed by atoms with Crippen molar-refractivity contribution < 1.29 is 31.1 Å². The van der Waals surface area contributed by atoms with Crippen molar-refractivity contribution in [1.29, 1.82) is 0 Å². The lowest BCUT2D eigenvalue weighted by Gasteiger charge is -2.15. The van der Waals surface area contributed by atoms with Crippen LogP contribution in [0.4, 0.5) is 18.9 Å². The zero-order valence-electron chi connectivity index (χ0n) is 18.9. The topological polar surface area (TPSA) is 84.5 Å². The van der Waals surface area contributed by atoms with Crippen LogP contribution in [0.15, 0.2) is 60.7 Å². The van der Waals surface area contributed by atoms with Gasteiger partial charge in [0.15, 0.2) is 0 Å². The van der Waals surface area contributed by atoms with E-state index >= 15 is 0 Å². The summed E-state index contributed by atoms with van der Waals surface area (Å²) in [6, 6.07) is 14.5. The van der Waals surface area contributed by atoms with Crippen LogP contribution < -0.4 is 14.8 Å². The summed E-state index contributed by atoms with van der Waals surface area (Å²) in [7, 11) is -1.91. The minimum absolute atomic E-state index is 0.237. The Morgan fingerprint density at radius 3 is 2.31 bits per heavy atom. The Bertz CT molecular complexity index is 1370. The van der Waals surface area contributed by atoms with Gasteiger partial charge in [0, 0.05) is 17.3 Å². The molecule has 0 saturated heterocycles. The lowest BCUT2D eigenvalue weighted by molar-refractivity contribution is -0.137. The summed E-state index contributed by atoms with van der Waals surface area (Å²) in [4.78, 5) is 13.2. The van der Waals surface area contributed by atoms with Crippen molar-refractivity contribution in [3.05, 3.63) is 82.9 Å². The van der Waals surface area contributed by atoms with E-state index in [4.69, 9.17) is 4.74 Å². The van der Waals surface area contributed by atoms with E-state index in [0.29, 0.717) is 35.4 Å². The van der Waals surface area contributed by atoms with Crippen molar-refractivity contribution in [1.82, 2.24) is 4.72 Å². The molecule has 0 aromatic heterocycles. The molecule has 0 aliphatic heterocycles. The van der Waals surface area contributed by atoms with E-state index in [-0.39, 0.29) is 11.6 Å². The lowest BCUT2D eigenvalue weighted by Crippen LogP contribution is -2.34. The Hall–Kier alpha value is -3.37. The van der Waals surface area contributed by atoms with E-state index in [9.17, 15) is 26.4 Å². The van der Waals surface area contributed by atoms with Gasteiger partial charge in [0.25, 0.3) is 5.91 Å². The summed E-state index contributed by atoms with van der Waals surface area (Å²) >= 11 is 0. The molecule has 0 radical (unpaired) electrons. The maximum Gasteiger partial charge on any atom is 0.416 e. The molecule has 0 bridgehead atoms. The van der Waals surface area contributed by atoms with Gasteiger partial charge in [-0.3, -0.25) is 4.79 Å². The summed E-state index contributed by atoms with van der Waals surface area (Å²) in [5, 5.41) is 2.83. The van der Waals surface area contributed by atoms with Crippen molar-refractivity contribution in [2.24, 2.45) is 0 Å². The van der Waals surface area contributed by atoms with E-state index in [2.05, 4.69) is 10.0 Å². The molecule has 0 saturated carbocycles. The number of ether oxygens (including phenoxy) is 1. The zero-order chi connectivity index (χ0) is 25.4. The fourth-order valence-electron chi connectivity index (χ4n) is 4.29. The predicted octanol–water partition coefficient (Wildman–Crippen LogP) is 4.65. The quantitative estimate of drug-likeness (QED) is 0.512. The SMILES string of the molecule is COc1cccc(C(=O)Nc2ccc3c(c2)C[C@@H](NS(C)(=O)=O)C3)c1-c1ccc(C(F)(F)F)cc1. The number of benzene rings is 3. The number of nitrogens with one attached hydrogen (secondary N) is 2. The van der Waals surface area contributed by atoms with Gasteiger partial charge in [-0.05, 0) is 65.9 Å². The van der Waals surface area contributed by atoms with E-state index in [1.54, 1.807) is 30.3 Å². The van der Waals surface area contributed by atoms with Crippen molar-refractivity contribution in [3.63, 3.8) is 0 Å². The monoisotopic (exact) mass is 504 g/mol. The number of rotatable bonds is 6. The number of halogens is 3. The molecule has 3 aromatic carbocycles. The van der Waals surface area contributed by atoms with Gasteiger partial charge in [0.2, 0.25) is 10.0 Å². The second kappa shape index (κ2) is 9.35. The average molecular weight is 505 g/mol. The third-order valence-corrected chi connectivity index (χ3v) is 6.53. The molecule has 6 nitrogen and oxygen atoms in total. The number of sulfonamides is 1. The Balaban J connectivity index is 1.60. The highest BCUT2D eigenvalue weighted by Gasteiger charge is 2.30. The molecule has 1 amide bonds. The number of amides is 1. The Labute approximate surface area is 201 Å². The zero-order valence-corrected chi connectivity index (χ0v) is 19.8. The molecule has 184 valence electrons. The number of alkyl halides is 3. The number of fused-ring (bicyclic) bond motifs is 1. The Morgan fingerprint density at radius 1 is 1.00 bits per heavy atom. The van der Waals surface area contributed by atoms with Crippen molar-refractivity contribution in [2.75, 3.05) is 18.7 Å². The van der Waals surface area contributed by atoms with Crippen molar-refractivity contribution in [2.45, 2.75) is 25.1 Å². The Morgan fingerprint density at radius 2 is 1.69 bits per heavy atom. The summed E-state index contributed by atoms with van der Waals surface area (Å²) in [5.41, 5.74) is 2.68. The molecular formula is C25H23F3N2O4S. The fraction of sp³-hybridized carbons (Fsp3) is 0.240. The summed E-state index contributed by atoms with van der Waals surface area (Å²) in [5.74, 6) is -0.108. The van der Waals surface area contributed by atoms with Gasteiger partial charge in [0.05, 0.1) is 24.5 Å². The van der Waals surface area contributed by atoms with Gasteiger partial charge in [0.1, 0.15) is 5.75 Å². The number of anilines is 1. The third kappa shape index (κ3) is 5.66. The number of hydrogen-bond donors (Lipinski definition) is 2. The van der Waals surface area contributed by atoms with E-state index in [1.807, 2.05) is 6.07 Å². The average Bonchev–Trinajstić information content (AvgIpc) is 3.17. The normalized spacial score (nSPS) is 15.5. The number of carbonyl (C=O) groups is 1.